The monoisotopic (exact) mass is 553 g/mol. The molecule has 0 radical (unpaired) electrons. The molecular formula is C33H32FN3O4. The molecule has 0 unspecified atom stereocenters. The van der Waals surface area contributed by atoms with Gasteiger partial charge in [0.1, 0.15) is 11.9 Å². The molecule has 2 amide bonds. The van der Waals surface area contributed by atoms with Crippen molar-refractivity contribution in [3.63, 3.8) is 0 Å². The van der Waals surface area contributed by atoms with E-state index in [4.69, 9.17) is 0 Å². The second-order valence-corrected chi connectivity index (χ2v) is 10.6. The molecule has 210 valence electrons. The second-order valence-electron chi connectivity index (χ2n) is 10.6. The van der Waals surface area contributed by atoms with E-state index in [0.717, 1.165) is 31.7 Å². The smallest absolute Gasteiger partial charge is 0.252 e. The third-order valence-electron chi connectivity index (χ3n) is 7.70. The highest BCUT2D eigenvalue weighted by atomic mass is 19.1. The van der Waals surface area contributed by atoms with Gasteiger partial charge in [-0.05, 0) is 62.6 Å². The number of pyridine rings is 1. The molecule has 1 saturated carbocycles. The summed E-state index contributed by atoms with van der Waals surface area (Å²) in [5, 5.41) is 5.70. The molecule has 0 saturated heterocycles. The van der Waals surface area contributed by atoms with Crippen LogP contribution in [0.5, 0.6) is 0 Å². The Morgan fingerprint density at radius 1 is 0.951 bits per heavy atom. The molecule has 3 aromatic carbocycles. The molecule has 7 nitrogen and oxygen atoms in total. The SMILES string of the molecule is CC(=O)c1cn(C2CCCCC2)c2ccc(NC(=O)[C@H](C)NC(=O)c3ccc(-c4ccccc4)c(F)c3)cc2c1=O. The third kappa shape index (κ3) is 5.96. The highest BCUT2D eigenvalue weighted by Crippen LogP contribution is 2.31. The number of rotatable bonds is 7. The number of nitrogens with zero attached hydrogens (tertiary/aromatic N) is 1. The summed E-state index contributed by atoms with van der Waals surface area (Å²) in [7, 11) is 0. The van der Waals surface area contributed by atoms with Gasteiger partial charge in [0.2, 0.25) is 5.91 Å². The number of carbonyl (C=O) groups is 3. The number of fused-ring (bicyclic) bond motifs is 1. The van der Waals surface area contributed by atoms with E-state index in [1.54, 1.807) is 48.7 Å². The molecule has 41 heavy (non-hydrogen) atoms. The van der Waals surface area contributed by atoms with Gasteiger partial charge in [-0.1, -0.05) is 55.7 Å². The maximum absolute atomic E-state index is 14.8. The fourth-order valence-corrected chi connectivity index (χ4v) is 5.45. The first-order valence-corrected chi connectivity index (χ1v) is 13.9. The summed E-state index contributed by atoms with van der Waals surface area (Å²) in [6.45, 7) is 2.90. The number of nitrogens with one attached hydrogen (secondary N) is 2. The van der Waals surface area contributed by atoms with Crippen LogP contribution in [0, 0.1) is 5.82 Å². The number of Topliss-reactive ketones (excluding diaryl/α,β-unsaturated/α-hetero) is 1. The Morgan fingerprint density at radius 2 is 1.68 bits per heavy atom. The number of amides is 2. The van der Waals surface area contributed by atoms with E-state index >= 15 is 0 Å². The van der Waals surface area contributed by atoms with Gasteiger partial charge >= 0.3 is 0 Å². The second kappa shape index (κ2) is 11.9. The van der Waals surface area contributed by atoms with Gasteiger partial charge in [-0.15, -0.1) is 0 Å². The lowest BCUT2D eigenvalue weighted by Crippen LogP contribution is -2.41. The van der Waals surface area contributed by atoms with Crippen molar-refractivity contribution in [3.05, 3.63) is 100 Å². The van der Waals surface area contributed by atoms with Crippen molar-refractivity contribution >= 4 is 34.2 Å². The maximum atomic E-state index is 14.8. The largest absolute Gasteiger partial charge is 0.343 e. The highest BCUT2D eigenvalue weighted by molar-refractivity contribution is 6.02. The highest BCUT2D eigenvalue weighted by Gasteiger charge is 2.22. The van der Waals surface area contributed by atoms with Gasteiger partial charge in [0.15, 0.2) is 11.2 Å². The van der Waals surface area contributed by atoms with Crippen LogP contribution in [0.25, 0.3) is 22.0 Å². The molecule has 2 N–H and O–H groups in total. The normalized spacial score (nSPS) is 14.4. The van der Waals surface area contributed by atoms with Crippen LogP contribution < -0.4 is 16.1 Å². The predicted molar refractivity (Wildman–Crippen MR) is 158 cm³/mol. The zero-order valence-electron chi connectivity index (χ0n) is 23.1. The first kappa shape index (κ1) is 28.0. The van der Waals surface area contributed by atoms with Crippen LogP contribution in [0.4, 0.5) is 10.1 Å². The Kier molecular flexibility index (Phi) is 8.10. The van der Waals surface area contributed by atoms with Gasteiger partial charge in [0.05, 0.1) is 11.1 Å². The summed E-state index contributed by atoms with van der Waals surface area (Å²) in [5.41, 5.74) is 1.99. The van der Waals surface area contributed by atoms with Crippen molar-refractivity contribution in [2.45, 2.75) is 58.0 Å². The first-order valence-electron chi connectivity index (χ1n) is 13.9. The van der Waals surface area contributed by atoms with Crippen molar-refractivity contribution in [3.8, 4) is 11.1 Å². The number of aromatic nitrogens is 1. The standard InChI is InChI=1S/C33H32FN3O4/c1-20(35-33(41)23-13-15-26(29(34)17-23)22-9-5-3-6-10-22)32(40)36-24-14-16-30-27(18-24)31(39)28(21(2)38)19-37(30)25-11-7-4-8-12-25/h3,5-6,9-10,13-20,25H,4,7-8,11-12H2,1-2H3,(H,35,41)(H,36,40)/t20-/m0/s1. The molecule has 1 atom stereocenters. The lowest BCUT2D eigenvalue weighted by Gasteiger charge is -2.27. The summed E-state index contributed by atoms with van der Waals surface area (Å²) in [4.78, 5) is 51.2. The topological polar surface area (TPSA) is 97.3 Å². The van der Waals surface area contributed by atoms with Crippen LogP contribution in [-0.4, -0.2) is 28.2 Å². The molecule has 1 aliphatic carbocycles. The molecule has 1 aromatic heterocycles. The third-order valence-corrected chi connectivity index (χ3v) is 7.70. The number of hydrogen-bond donors (Lipinski definition) is 2. The quantitative estimate of drug-likeness (QED) is 0.264. The molecule has 1 fully saturated rings. The van der Waals surface area contributed by atoms with Crippen LogP contribution in [0.15, 0.2) is 77.7 Å². The first-order chi connectivity index (χ1) is 19.7. The van der Waals surface area contributed by atoms with Gasteiger partial charge < -0.3 is 15.2 Å². The van der Waals surface area contributed by atoms with E-state index in [-0.39, 0.29) is 28.4 Å². The maximum Gasteiger partial charge on any atom is 0.252 e. The van der Waals surface area contributed by atoms with Crippen molar-refractivity contribution < 1.29 is 18.8 Å². The van der Waals surface area contributed by atoms with E-state index in [1.807, 2.05) is 10.6 Å². The molecule has 1 heterocycles. The Morgan fingerprint density at radius 3 is 2.37 bits per heavy atom. The van der Waals surface area contributed by atoms with Gasteiger partial charge in [-0.3, -0.25) is 19.2 Å². The Labute approximate surface area is 237 Å². The fraction of sp³-hybridized carbons (Fsp3) is 0.273. The molecule has 1 aliphatic rings. The van der Waals surface area contributed by atoms with Crippen LogP contribution in [0.2, 0.25) is 0 Å². The summed E-state index contributed by atoms with van der Waals surface area (Å²) < 4.78 is 16.8. The molecule has 4 aromatic rings. The number of ketones is 1. The predicted octanol–water partition coefficient (Wildman–Crippen LogP) is 6.27. The number of halogens is 1. The lowest BCUT2D eigenvalue weighted by molar-refractivity contribution is -0.117. The summed E-state index contributed by atoms with van der Waals surface area (Å²) in [6.07, 6.45) is 6.99. The van der Waals surface area contributed by atoms with Gasteiger partial charge in [-0.2, -0.15) is 0 Å². The lowest BCUT2D eigenvalue weighted by atomic mass is 9.94. The molecular weight excluding hydrogens is 521 g/mol. The number of anilines is 1. The molecule has 5 rings (SSSR count). The molecule has 0 aliphatic heterocycles. The molecule has 0 bridgehead atoms. The average molecular weight is 554 g/mol. The van der Waals surface area contributed by atoms with E-state index < -0.39 is 23.7 Å². The van der Waals surface area contributed by atoms with Crippen molar-refractivity contribution in [2.24, 2.45) is 0 Å². The minimum absolute atomic E-state index is 0.0903. The van der Waals surface area contributed by atoms with Crippen molar-refractivity contribution in [1.29, 1.82) is 0 Å². The van der Waals surface area contributed by atoms with Gasteiger partial charge in [-0.25, -0.2) is 4.39 Å². The summed E-state index contributed by atoms with van der Waals surface area (Å²) in [6, 6.07) is 17.5. The summed E-state index contributed by atoms with van der Waals surface area (Å²) in [5.74, 6) is -1.94. The van der Waals surface area contributed by atoms with Crippen LogP contribution in [0.3, 0.4) is 0 Å². The molecule has 8 heteroatoms. The van der Waals surface area contributed by atoms with Crippen molar-refractivity contribution in [2.75, 3.05) is 5.32 Å². The zero-order chi connectivity index (χ0) is 29.1. The van der Waals surface area contributed by atoms with Gasteiger partial charge in [0.25, 0.3) is 5.91 Å². The van der Waals surface area contributed by atoms with Gasteiger partial charge in [0, 0.05) is 34.4 Å². The minimum atomic E-state index is -0.947. The summed E-state index contributed by atoms with van der Waals surface area (Å²) >= 11 is 0. The van der Waals surface area contributed by atoms with Crippen LogP contribution in [-0.2, 0) is 4.79 Å². The average Bonchev–Trinajstić information content (AvgIpc) is 2.98. The molecule has 0 spiro atoms. The fourth-order valence-electron chi connectivity index (χ4n) is 5.45. The van der Waals surface area contributed by atoms with E-state index in [9.17, 15) is 23.6 Å². The van der Waals surface area contributed by atoms with Crippen LogP contribution in [0.1, 0.15) is 72.7 Å². The number of carbonyl (C=O) groups excluding carboxylic acids is 3. The Balaban J connectivity index is 1.33. The Hall–Kier alpha value is -4.59. The Bertz CT molecular complexity index is 1690. The van der Waals surface area contributed by atoms with E-state index in [0.29, 0.717) is 27.7 Å². The number of hydrogen-bond acceptors (Lipinski definition) is 4. The van der Waals surface area contributed by atoms with Crippen molar-refractivity contribution in [1.82, 2.24) is 9.88 Å². The van der Waals surface area contributed by atoms with E-state index in [2.05, 4.69) is 10.6 Å². The number of benzene rings is 3. The van der Waals surface area contributed by atoms with Crippen LogP contribution >= 0.6 is 0 Å². The van der Waals surface area contributed by atoms with E-state index in [1.165, 1.54) is 32.4 Å². The minimum Gasteiger partial charge on any atom is -0.343 e. The zero-order valence-corrected chi connectivity index (χ0v) is 23.1.